The Morgan fingerprint density at radius 3 is 2.43 bits per heavy atom. The van der Waals surface area contributed by atoms with E-state index in [1.165, 1.54) is 5.57 Å². The van der Waals surface area contributed by atoms with Crippen LogP contribution in [0.15, 0.2) is 11.6 Å². The number of aliphatic hydroxyl groups is 3. The smallest absolute Gasteiger partial charge is 0.335 e. The molecule has 8 nitrogen and oxygen atoms in total. The van der Waals surface area contributed by atoms with Gasteiger partial charge in [0.15, 0.2) is 12.4 Å². The first-order chi connectivity index (χ1) is 16.5. The van der Waals surface area contributed by atoms with Crippen LogP contribution in [0.1, 0.15) is 72.1 Å². The standard InChI is InChI=1S/C27H40O8/c1-13(28)17-6-7-18-16-5-4-14-12-15(8-10-26(14,2)19(16)9-11-27(17,18)3)34-25-22(31)20(29)21(30)23(35-25)24(32)33/h4,15-23,25,29-31H,5-12H2,1-3H3,(H,32,33)/t15-,16-,17+,18-,19-,20-,21-,22+,23-,25?,26-,27+/m0/s1. The van der Waals surface area contributed by atoms with Crippen LogP contribution in [-0.4, -0.2) is 69.0 Å². The molecule has 1 unspecified atom stereocenters. The molecule has 4 N–H and O–H groups in total. The highest BCUT2D eigenvalue weighted by Gasteiger charge is 2.59. The van der Waals surface area contributed by atoms with Gasteiger partial charge in [-0.1, -0.05) is 25.5 Å². The number of fused-ring (bicyclic) bond motifs is 5. The highest BCUT2D eigenvalue weighted by molar-refractivity contribution is 5.79. The van der Waals surface area contributed by atoms with Crippen LogP contribution < -0.4 is 0 Å². The van der Waals surface area contributed by atoms with Gasteiger partial charge in [-0.05, 0) is 86.9 Å². The number of hydrogen-bond acceptors (Lipinski definition) is 7. The van der Waals surface area contributed by atoms with E-state index in [2.05, 4.69) is 19.9 Å². The molecule has 0 radical (unpaired) electrons. The Labute approximate surface area is 206 Å². The molecule has 5 rings (SSSR count). The van der Waals surface area contributed by atoms with Crippen molar-refractivity contribution in [2.45, 2.75) is 109 Å². The minimum Gasteiger partial charge on any atom is -0.479 e. The zero-order valence-corrected chi connectivity index (χ0v) is 20.9. The summed E-state index contributed by atoms with van der Waals surface area (Å²) in [5, 5.41) is 39.7. The molecule has 12 atom stereocenters. The van der Waals surface area contributed by atoms with Gasteiger partial charge in [-0.25, -0.2) is 4.79 Å². The molecule has 0 aromatic heterocycles. The van der Waals surface area contributed by atoms with E-state index >= 15 is 0 Å². The Morgan fingerprint density at radius 2 is 1.74 bits per heavy atom. The van der Waals surface area contributed by atoms with Crippen LogP contribution in [0.3, 0.4) is 0 Å². The van der Waals surface area contributed by atoms with Crippen LogP contribution in [0.4, 0.5) is 0 Å². The van der Waals surface area contributed by atoms with Gasteiger partial charge in [-0.15, -0.1) is 0 Å². The van der Waals surface area contributed by atoms with Crippen molar-refractivity contribution in [3.05, 3.63) is 11.6 Å². The zero-order chi connectivity index (χ0) is 25.3. The van der Waals surface area contributed by atoms with Crippen LogP contribution >= 0.6 is 0 Å². The largest absolute Gasteiger partial charge is 0.479 e. The average molecular weight is 493 g/mol. The maximum absolute atomic E-state index is 12.4. The Balaban J connectivity index is 1.30. The van der Waals surface area contributed by atoms with E-state index in [1.54, 1.807) is 6.92 Å². The quantitative estimate of drug-likeness (QED) is 0.440. The summed E-state index contributed by atoms with van der Waals surface area (Å²) in [6, 6.07) is 0. The monoisotopic (exact) mass is 492 g/mol. The Kier molecular flexibility index (Phi) is 6.45. The topological polar surface area (TPSA) is 134 Å². The maximum atomic E-state index is 12.4. The number of carboxylic acid groups (broad SMARTS) is 1. The van der Waals surface area contributed by atoms with Crippen molar-refractivity contribution in [1.29, 1.82) is 0 Å². The number of aliphatic carboxylic acids is 1. The van der Waals surface area contributed by atoms with Crippen molar-refractivity contribution in [3.8, 4) is 0 Å². The number of rotatable bonds is 4. The van der Waals surface area contributed by atoms with Crippen LogP contribution in [-0.2, 0) is 19.1 Å². The maximum Gasteiger partial charge on any atom is 0.335 e. The van der Waals surface area contributed by atoms with E-state index in [-0.39, 0.29) is 22.9 Å². The molecular formula is C27H40O8. The van der Waals surface area contributed by atoms with Crippen LogP contribution in [0.5, 0.6) is 0 Å². The van der Waals surface area contributed by atoms with Crippen molar-refractivity contribution < 1.29 is 39.5 Å². The molecule has 4 fully saturated rings. The second-order valence-corrected chi connectivity index (χ2v) is 12.3. The average Bonchev–Trinajstić information content (AvgIpc) is 3.17. The van der Waals surface area contributed by atoms with Gasteiger partial charge in [0.05, 0.1) is 6.10 Å². The summed E-state index contributed by atoms with van der Waals surface area (Å²) in [5.41, 5.74) is 1.56. The highest BCUT2D eigenvalue weighted by Crippen LogP contribution is 2.66. The zero-order valence-electron chi connectivity index (χ0n) is 20.9. The third kappa shape index (κ3) is 3.91. The summed E-state index contributed by atoms with van der Waals surface area (Å²) in [7, 11) is 0. The second kappa shape index (κ2) is 8.91. The highest BCUT2D eigenvalue weighted by atomic mass is 16.7. The fraction of sp³-hybridized carbons (Fsp3) is 0.852. The van der Waals surface area contributed by atoms with Crippen molar-refractivity contribution in [2.75, 3.05) is 0 Å². The van der Waals surface area contributed by atoms with E-state index < -0.39 is 36.7 Å². The van der Waals surface area contributed by atoms with E-state index in [1.807, 2.05) is 0 Å². The first-order valence-electron chi connectivity index (χ1n) is 13.2. The molecule has 0 aromatic rings. The van der Waals surface area contributed by atoms with E-state index in [0.717, 1.165) is 44.9 Å². The SMILES string of the molecule is CC(=O)[C@H]1CC[C@H]2[C@@H]3CC=C4C[C@@H](OC5O[C@H](C(=O)O)[C@@H](O)[C@H](O)[C@H]5O)CC[C@]4(C)[C@H]3CC[C@]12C. The van der Waals surface area contributed by atoms with Gasteiger partial charge in [0.2, 0.25) is 0 Å². The molecule has 1 heterocycles. The summed E-state index contributed by atoms with van der Waals surface area (Å²) in [6.07, 6.45) is 2.04. The van der Waals surface area contributed by atoms with E-state index in [9.17, 15) is 30.0 Å². The lowest BCUT2D eigenvalue weighted by atomic mass is 9.47. The summed E-state index contributed by atoms with van der Waals surface area (Å²) >= 11 is 0. The summed E-state index contributed by atoms with van der Waals surface area (Å²) in [4.78, 5) is 23.8. The van der Waals surface area contributed by atoms with Crippen molar-refractivity contribution in [2.24, 2.45) is 34.5 Å². The van der Waals surface area contributed by atoms with Gasteiger partial charge in [0.1, 0.15) is 24.1 Å². The van der Waals surface area contributed by atoms with Crippen LogP contribution in [0, 0.1) is 34.5 Å². The van der Waals surface area contributed by atoms with Gasteiger partial charge in [-0.3, -0.25) is 4.79 Å². The van der Waals surface area contributed by atoms with E-state index in [0.29, 0.717) is 30.0 Å². The number of allylic oxidation sites excluding steroid dienone is 1. The third-order valence-corrected chi connectivity index (χ3v) is 10.7. The summed E-state index contributed by atoms with van der Waals surface area (Å²) in [5.74, 6) is 0.904. The number of ether oxygens (including phenoxy) is 2. The predicted octanol–water partition coefficient (Wildman–Crippen LogP) is 2.43. The normalized spacial score (nSPS) is 51.5. The molecule has 1 aliphatic heterocycles. The lowest BCUT2D eigenvalue weighted by Crippen LogP contribution is -2.61. The van der Waals surface area contributed by atoms with Crippen molar-refractivity contribution >= 4 is 11.8 Å². The van der Waals surface area contributed by atoms with Crippen LogP contribution in [0.2, 0.25) is 0 Å². The molecule has 0 aromatic carbocycles. The molecule has 35 heavy (non-hydrogen) atoms. The molecule has 196 valence electrons. The Hall–Kier alpha value is -1.32. The second-order valence-electron chi connectivity index (χ2n) is 12.3. The number of hydrogen-bond donors (Lipinski definition) is 4. The molecular weight excluding hydrogens is 452 g/mol. The number of ketones is 1. The lowest BCUT2D eigenvalue weighted by molar-refractivity contribution is -0.306. The number of aliphatic hydroxyl groups excluding tert-OH is 3. The molecule has 3 saturated carbocycles. The van der Waals surface area contributed by atoms with Gasteiger partial charge >= 0.3 is 5.97 Å². The number of carboxylic acids is 1. The van der Waals surface area contributed by atoms with Crippen LogP contribution in [0.25, 0.3) is 0 Å². The number of carbonyl (C=O) groups excluding carboxylic acids is 1. The Morgan fingerprint density at radius 1 is 1.00 bits per heavy atom. The molecule has 0 amide bonds. The van der Waals surface area contributed by atoms with Gasteiger partial charge in [-0.2, -0.15) is 0 Å². The molecule has 0 bridgehead atoms. The third-order valence-electron chi connectivity index (χ3n) is 10.7. The molecule has 8 heteroatoms. The number of Topliss-reactive ketones (excluding diaryl/α,β-unsaturated/α-hetero) is 1. The molecule has 0 spiro atoms. The lowest BCUT2D eigenvalue weighted by Gasteiger charge is -2.58. The van der Waals surface area contributed by atoms with Gasteiger partial charge in [0.25, 0.3) is 0 Å². The fourth-order valence-corrected chi connectivity index (χ4v) is 8.77. The molecule has 1 saturated heterocycles. The summed E-state index contributed by atoms with van der Waals surface area (Å²) < 4.78 is 11.4. The summed E-state index contributed by atoms with van der Waals surface area (Å²) in [6.45, 7) is 6.49. The van der Waals surface area contributed by atoms with E-state index in [4.69, 9.17) is 9.47 Å². The first kappa shape index (κ1) is 25.3. The minimum atomic E-state index is -1.72. The van der Waals surface area contributed by atoms with Crippen molar-refractivity contribution in [3.63, 3.8) is 0 Å². The number of carbonyl (C=O) groups is 2. The Bertz CT molecular complexity index is 902. The predicted molar refractivity (Wildman–Crippen MR) is 125 cm³/mol. The van der Waals surface area contributed by atoms with Crippen molar-refractivity contribution in [1.82, 2.24) is 0 Å². The molecule has 5 aliphatic rings. The molecule has 4 aliphatic carbocycles. The first-order valence-corrected chi connectivity index (χ1v) is 13.2. The fourth-order valence-electron chi connectivity index (χ4n) is 8.77. The van der Waals surface area contributed by atoms with Gasteiger partial charge in [0, 0.05) is 5.92 Å². The van der Waals surface area contributed by atoms with Gasteiger partial charge < -0.3 is 29.9 Å². The minimum absolute atomic E-state index is 0.0732.